The van der Waals surface area contributed by atoms with Crippen molar-refractivity contribution < 1.29 is 19.5 Å². The van der Waals surface area contributed by atoms with E-state index in [1.165, 1.54) is 0 Å². The zero-order valence-electron chi connectivity index (χ0n) is 12.3. The van der Waals surface area contributed by atoms with E-state index in [1.807, 2.05) is 0 Å². The monoisotopic (exact) mass is 304 g/mol. The molecular formula is C16H20N2O4. The Morgan fingerprint density at radius 3 is 2.41 bits per heavy atom. The second-order valence-corrected chi connectivity index (χ2v) is 5.63. The summed E-state index contributed by atoms with van der Waals surface area (Å²) in [5.41, 5.74) is 6.06. The maximum Gasteiger partial charge on any atom is 0.303 e. The largest absolute Gasteiger partial charge is 0.481 e. The fourth-order valence-corrected chi connectivity index (χ4v) is 2.77. The SMILES string of the molecule is NC(=O)c1ccc(C(=O)N2CCC[C@@H](CCC(=O)O)C2)cc1. The first-order chi connectivity index (χ1) is 10.5. The van der Waals surface area contributed by atoms with Gasteiger partial charge in [0.2, 0.25) is 5.91 Å². The van der Waals surface area contributed by atoms with E-state index in [-0.39, 0.29) is 18.2 Å². The highest BCUT2D eigenvalue weighted by atomic mass is 16.4. The summed E-state index contributed by atoms with van der Waals surface area (Å²) in [6, 6.07) is 6.29. The summed E-state index contributed by atoms with van der Waals surface area (Å²) >= 11 is 0. The third-order valence-electron chi connectivity index (χ3n) is 3.99. The van der Waals surface area contributed by atoms with Gasteiger partial charge in [-0.1, -0.05) is 0 Å². The van der Waals surface area contributed by atoms with Gasteiger partial charge in [0, 0.05) is 30.6 Å². The number of carbonyl (C=O) groups is 3. The van der Waals surface area contributed by atoms with Gasteiger partial charge in [-0.15, -0.1) is 0 Å². The molecule has 2 amide bonds. The van der Waals surface area contributed by atoms with Crippen molar-refractivity contribution >= 4 is 17.8 Å². The third kappa shape index (κ3) is 4.07. The Hall–Kier alpha value is -2.37. The van der Waals surface area contributed by atoms with E-state index in [9.17, 15) is 14.4 Å². The van der Waals surface area contributed by atoms with Crippen LogP contribution in [0.25, 0.3) is 0 Å². The number of aliphatic carboxylic acids is 1. The van der Waals surface area contributed by atoms with Gasteiger partial charge in [0.15, 0.2) is 0 Å². The van der Waals surface area contributed by atoms with Crippen molar-refractivity contribution in [1.29, 1.82) is 0 Å². The molecule has 0 bridgehead atoms. The molecule has 0 saturated carbocycles. The molecule has 1 atom stereocenters. The fourth-order valence-electron chi connectivity index (χ4n) is 2.77. The third-order valence-corrected chi connectivity index (χ3v) is 3.99. The number of piperidine rings is 1. The molecule has 22 heavy (non-hydrogen) atoms. The topological polar surface area (TPSA) is 101 Å². The molecule has 1 fully saturated rings. The van der Waals surface area contributed by atoms with Gasteiger partial charge in [-0.05, 0) is 49.4 Å². The number of nitrogens with zero attached hydrogens (tertiary/aromatic N) is 1. The summed E-state index contributed by atoms with van der Waals surface area (Å²) < 4.78 is 0. The summed E-state index contributed by atoms with van der Waals surface area (Å²) in [6.45, 7) is 1.27. The van der Waals surface area contributed by atoms with Crippen LogP contribution in [0.5, 0.6) is 0 Å². The van der Waals surface area contributed by atoms with E-state index < -0.39 is 11.9 Å². The van der Waals surface area contributed by atoms with Crippen LogP contribution in [0.15, 0.2) is 24.3 Å². The Labute approximate surface area is 128 Å². The molecule has 6 nitrogen and oxygen atoms in total. The molecule has 3 N–H and O–H groups in total. The van der Waals surface area contributed by atoms with Crippen molar-refractivity contribution in [2.24, 2.45) is 11.7 Å². The van der Waals surface area contributed by atoms with Gasteiger partial charge in [0.05, 0.1) is 0 Å². The summed E-state index contributed by atoms with van der Waals surface area (Å²) in [5, 5.41) is 8.75. The van der Waals surface area contributed by atoms with E-state index in [0.29, 0.717) is 30.6 Å². The van der Waals surface area contributed by atoms with Gasteiger partial charge in [0.25, 0.3) is 5.91 Å². The average molecular weight is 304 g/mol. The van der Waals surface area contributed by atoms with Crippen LogP contribution in [0.2, 0.25) is 0 Å². The number of benzene rings is 1. The van der Waals surface area contributed by atoms with Crippen molar-refractivity contribution in [1.82, 2.24) is 4.90 Å². The highest BCUT2D eigenvalue weighted by Gasteiger charge is 2.24. The second-order valence-electron chi connectivity index (χ2n) is 5.63. The average Bonchev–Trinajstić information content (AvgIpc) is 2.52. The van der Waals surface area contributed by atoms with Crippen molar-refractivity contribution in [3.63, 3.8) is 0 Å². The molecule has 1 aromatic rings. The highest BCUT2D eigenvalue weighted by Crippen LogP contribution is 2.22. The molecule has 0 spiro atoms. The van der Waals surface area contributed by atoms with E-state index in [4.69, 9.17) is 10.8 Å². The first-order valence-electron chi connectivity index (χ1n) is 7.38. The molecule has 0 aliphatic carbocycles. The first-order valence-corrected chi connectivity index (χ1v) is 7.38. The van der Waals surface area contributed by atoms with Crippen LogP contribution in [-0.4, -0.2) is 40.9 Å². The molecule has 1 aliphatic heterocycles. The number of hydrogen-bond acceptors (Lipinski definition) is 3. The maximum atomic E-state index is 12.5. The minimum Gasteiger partial charge on any atom is -0.481 e. The van der Waals surface area contributed by atoms with Crippen LogP contribution in [0.1, 0.15) is 46.4 Å². The van der Waals surface area contributed by atoms with Crippen LogP contribution in [-0.2, 0) is 4.79 Å². The Kier molecular flexibility index (Phi) is 5.14. The Morgan fingerprint density at radius 2 is 1.82 bits per heavy atom. The Bertz CT molecular complexity index is 568. The van der Waals surface area contributed by atoms with Crippen molar-refractivity contribution in [2.45, 2.75) is 25.7 Å². The van der Waals surface area contributed by atoms with Gasteiger partial charge >= 0.3 is 5.97 Å². The lowest BCUT2D eigenvalue weighted by Crippen LogP contribution is -2.40. The van der Waals surface area contributed by atoms with Crippen molar-refractivity contribution in [3.05, 3.63) is 35.4 Å². The normalized spacial score (nSPS) is 18.0. The lowest BCUT2D eigenvalue weighted by molar-refractivity contribution is -0.137. The van der Waals surface area contributed by atoms with Crippen LogP contribution >= 0.6 is 0 Å². The van der Waals surface area contributed by atoms with E-state index in [0.717, 1.165) is 12.8 Å². The maximum absolute atomic E-state index is 12.5. The number of carbonyl (C=O) groups excluding carboxylic acids is 2. The molecule has 2 rings (SSSR count). The molecule has 0 unspecified atom stereocenters. The summed E-state index contributed by atoms with van der Waals surface area (Å²) in [7, 11) is 0. The molecule has 0 aromatic heterocycles. The van der Waals surface area contributed by atoms with Gasteiger partial charge in [-0.25, -0.2) is 0 Å². The highest BCUT2D eigenvalue weighted by molar-refractivity contribution is 5.97. The molecule has 6 heteroatoms. The lowest BCUT2D eigenvalue weighted by Gasteiger charge is -2.32. The standard InChI is InChI=1S/C16H20N2O4/c17-15(21)12-4-6-13(7-5-12)16(22)18-9-1-2-11(10-18)3-8-14(19)20/h4-7,11H,1-3,8-10H2,(H2,17,21)(H,19,20)/t11-/m0/s1. The predicted molar refractivity (Wildman–Crippen MR) is 80.5 cm³/mol. The zero-order chi connectivity index (χ0) is 16.1. The number of carboxylic acid groups (broad SMARTS) is 1. The molecule has 1 aromatic carbocycles. The summed E-state index contributed by atoms with van der Waals surface area (Å²) in [5.74, 6) is -1.18. The second kappa shape index (κ2) is 7.06. The summed E-state index contributed by atoms with van der Waals surface area (Å²) in [6.07, 6.45) is 2.58. The Morgan fingerprint density at radius 1 is 1.18 bits per heavy atom. The molecule has 1 heterocycles. The van der Waals surface area contributed by atoms with E-state index in [1.54, 1.807) is 29.2 Å². The molecule has 118 valence electrons. The van der Waals surface area contributed by atoms with Crippen molar-refractivity contribution in [3.8, 4) is 0 Å². The number of hydrogen-bond donors (Lipinski definition) is 2. The first kappa shape index (κ1) is 16.0. The minimum absolute atomic E-state index is 0.0870. The van der Waals surface area contributed by atoms with Gasteiger partial charge in [-0.3, -0.25) is 14.4 Å². The molecule has 1 saturated heterocycles. The summed E-state index contributed by atoms with van der Waals surface area (Å²) in [4.78, 5) is 35.9. The number of amides is 2. The van der Waals surface area contributed by atoms with Gasteiger partial charge in [0.1, 0.15) is 0 Å². The number of carboxylic acids is 1. The lowest BCUT2D eigenvalue weighted by atomic mass is 9.93. The number of primary amides is 1. The number of nitrogens with two attached hydrogens (primary N) is 1. The molecular weight excluding hydrogens is 284 g/mol. The van der Waals surface area contributed by atoms with Crippen LogP contribution in [0.4, 0.5) is 0 Å². The van der Waals surface area contributed by atoms with Gasteiger partial charge < -0.3 is 15.7 Å². The van der Waals surface area contributed by atoms with Crippen LogP contribution in [0, 0.1) is 5.92 Å². The Balaban J connectivity index is 1.99. The van der Waals surface area contributed by atoms with E-state index >= 15 is 0 Å². The number of rotatable bonds is 5. The van der Waals surface area contributed by atoms with Gasteiger partial charge in [-0.2, -0.15) is 0 Å². The molecule has 1 aliphatic rings. The van der Waals surface area contributed by atoms with Crippen LogP contribution < -0.4 is 5.73 Å². The fraction of sp³-hybridized carbons (Fsp3) is 0.438. The minimum atomic E-state index is -0.800. The van der Waals surface area contributed by atoms with Crippen LogP contribution in [0.3, 0.4) is 0 Å². The number of likely N-dealkylation sites (tertiary alicyclic amines) is 1. The van der Waals surface area contributed by atoms with E-state index in [2.05, 4.69) is 0 Å². The quantitative estimate of drug-likeness (QED) is 0.860. The smallest absolute Gasteiger partial charge is 0.303 e. The molecule has 0 radical (unpaired) electrons. The predicted octanol–water partition coefficient (Wildman–Crippen LogP) is 1.50. The van der Waals surface area contributed by atoms with Crippen molar-refractivity contribution in [2.75, 3.05) is 13.1 Å². The zero-order valence-corrected chi connectivity index (χ0v) is 12.3.